The molecule has 7 heteroatoms. The van der Waals surface area contributed by atoms with E-state index in [4.69, 9.17) is 13.9 Å². The minimum Gasteiger partial charge on any atom is -0.493 e. The van der Waals surface area contributed by atoms with Gasteiger partial charge in [0.25, 0.3) is 0 Å². The molecule has 3 aromatic rings. The summed E-state index contributed by atoms with van der Waals surface area (Å²) >= 11 is 0. The molecule has 3 heterocycles. The van der Waals surface area contributed by atoms with Gasteiger partial charge in [0.2, 0.25) is 5.95 Å². The number of methoxy groups -OCH3 is 2. The van der Waals surface area contributed by atoms with E-state index in [1.54, 1.807) is 20.5 Å². The van der Waals surface area contributed by atoms with Crippen LogP contribution in [0.15, 0.2) is 47.1 Å². The van der Waals surface area contributed by atoms with Crippen molar-refractivity contribution in [1.82, 2.24) is 14.8 Å². The maximum Gasteiger partial charge on any atom is 0.226 e. The van der Waals surface area contributed by atoms with Crippen LogP contribution in [0.25, 0.3) is 5.70 Å². The van der Waals surface area contributed by atoms with E-state index in [1.807, 2.05) is 41.9 Å². The van der Waals surface area contributed by atoms with E-state index in [-0.39, 0.29) is 6.04 Å². The molecule has 0 bridgehead atoms. The van der Waals surface area contributed by atoms with E-state index < -0.39 is 0 Å². The molecular formula is C18H18N4O3. The third-order valence-corrected chi connectivity index (χ3v) is 4.10. The van der Waals surface area contributed by atoms with Crippen LogP contribution in [-0.4, -0.2) is 29.0 Å². The van der Waals surface area contributed by atoms with Gasteiger partial charge in [-0.05, 0) is 43.3 Å². The number of hydrogen-bond donors (Lipinski definition) is 1. The number of furan rings is 1. The molecule has 4 rings (SSSR count). The van der Waals surface area contributed by atoms with E-state index >= 15 is 0 Å². The van der Waals surface area contributed by atoms with Crippen molar-refractivity contribution < 1.29 is 13.9 Å². The zero-order valence-corrected chi connectivity index (χ0v) is 14.2. The number of nitrogens with one attached hydrogen (secondary N) is 1. The smallest absolute Gasteiger partial charge is 0.226 e. The fourth-order valence-electron chi connectivity index (χ4n) is 2.93. The van der Waals surface area contributed by atoms with E-state index in [0.717, 1.165) is 17.0 Å². The maximum atomic E-state index is 5.60. The molecule has 1 N–H and O–H groups in total. The highest BCUT2D eigenvalue weighted by Crippen LogP contribution is 2.35. The zero-order chi connectivity index (χ0) is 17.4. The van der Waals surface area contributed by atoms with E-state index in [0.29, 0.717) is 23.3 Å². The van der Waals surface area contributed by atoms with Crippen molar-refractivity contribution in [2.75, 3.05) is 19.5 Å². The summed E-state index contributed by atoms with van der Waals surface area (Å²) in [6.07, 6.45) is 3.71. The first-order chi connectivity index (χ1) is 12.2. The van der Waals surface area contributed by atoms with Crippen LogP contribution in [0.1, 0.15) is 23.2 Å². The van der Waals surface area contributed by atoms with Crippen molar-refractivity contribution in [3.63, 3.8) is 0 Å². The van der Waals surface area contributed by atoms with Gasteiger partial charge in [0.05, 0.1) is 20.5 Å². The predicted molar refractivity (Wildman–Crippen MR) is 92.8 cm³/mol. The SMILES string of the molecule is COc1ccc(C2=C[C@H](c3ccco3)n3nc(C)nc3N2)cc1OC. The molecule has 0 fully saturated rings. The number of nitrogens with zero attached hydrogens (tertiary/aromatic N) is 3. The molecule has 128 valence electrons. The summed E-state index contributed by atoms with van der Waals surface area (Å²) < 4.78 is 18.1. The van der Waals surface area contributed by atoms with Crippen LogP contribution in [0, 0.1) is 6.92 Å². The van der Waals surface area contributed by atoms with E-state index in [9.17, 15) is 0 Å². The van der Waals surface area contributed by atoms with Crippen molar-refractivity contribution in [2.24, 2.45) is 0 Å². The summed E-state index contributed by atoms with van der Waals surface area (Å²) in [5.74, 6) is 3.52. The fraction of sp³-hybridized carbons (Fsp3) is 0.222. The van der Waals surface area contributed by atoms with Crippen LogP contribution in [0.4, 0.5) is 5.95 Å². The summed E-state index contributed by atoms with van der Waals surface area (Å²) in [6, 6.07) is 9.40. The Morgan fingerprint density at radius 1 is 1.16 bits per heavy atom. The third-order valence-electron chi connectivity index (χ3n) is 4.10. The van der Waals surface area contributed by atoms with Crippen molar-refractivity contribution in [1.29, 1.82) is 0 Å². The number of rotatable bonds is 4. The zero-order valence-electron chi connectivity index (χ0n) is 14.2. The topological polar surface area (TPSA) is 74.3 Å². The van der Waals surface area contributed by atoms with E-state index in [2.05, 4.69) is 21.5 Å². The van der Waals surface area contributed by atoms with Gasteiger partial charge in [-0.25, -0.2) is 4.68 Å². The molecule has 1 aliphatic heterocycles. The van der Waals surface area contributed by atoms with Gasteiger partial charge in [0.1, 0.15) is 17.6 Å². The second-order valence-electron chi connectivity index (χ2n) is 5.66. The van der Waals surface area contributed by atoms with Crippen LogP contribution in [-0.2, 0) is 0 Å². The molecule has 0 saturated carbocycles. The second kappa shape index (κ2) is 6.01. The largest absolute Gasteiger partial charge is 0.493 e. The molecule has 25 heavy (non-hydrogen) atoms. The molecule has 0 radical (unpaired) electrons. The lowest BCUT2D eigenvalue weighted by Crippen LogP contribution is -2.19. The Morgan fingerprint density at radius 3 is 2.72 bits per heavy atom. The average molecular weight is 338 g/mol. The number of hydrogen-bond acceptors (Lipinski definition) is 6. The highest BCUT2D eigenvalue weighted by Gasteiger charge is 2.26. The molecular weight excluding hydrogens is 320 g/mol. The van der Waals surface area contributed by atoms with Crippen molar-refractivity contribution in [3.8, 4) is 11.5 Å². The first-order valence-electron chi connectivity index (χ1n) is 7.87. The minimum atomic E-state index is -0.171. The number of ether oxygens (including phenoxy) is 2. The van der Waals surface area contributed by atoms with Gasteiger partial charge in [-0.2, -0.15) is 10.1 Å². The van der Waals surface area contributed by atoms with Crippen LogP contribution in [0.2, 0.25) is 0 Å². The number of aromatic nitrogens is 3. The Balaban J connectivity index is 1.80. The third kappa shape index (κ3) is 2.63. The molecule has 1 atom stereocenters. The predicted octanol–water partition coefficient (Wildman–Crippen LogP) is 3.25. The summed E-state index contributed by atoms with van der Waals surface area (Å²) in [5, 5.41) is 7.80. The molecule has 0 saturated heterocycles. The maximum absolute atomic E-state index is 5.60. The summed E-state index contributed by atoms with van der Waals surface area (Å²) in [5.41, 5.74) is 1.86. The van der Waals surface area contributed by atoms with Gasteiger partial charge in [-0.1, -0.05) is 0 Å². The van der Waals surface area contributed by atoms with Gasteiger partial charge >= 0.3 is 0 Å². The lowest BCUT2D eigenvalue weighted by atomic mass is 10.1. The van der Waals surface area contributed by atoms with Crippen molar-refractivity contribution in [2.45, 2.75) is 13.0 Å². The van der Waals surface area contributed by atoms with E-state index in [1.165, 1.54) is 0 Å². The molecule has 2 aromatic heterocycles. The number of fused-ring (bicyclic) bond motifs is 1. The summed E-state index contributed by atoms with van der Waals surface area (Å²) in [4.78, 5) is 4.47. The standard InChI is InChI=1S/C18H18N4O3/c1-11-19-18-20-13(12-6-7-16(23-2)17(9-12)24-3)10-14(22(18)21-11)15-5-4-8-25-15/h4-10,14H,1-3H3,(H,19,20,21)/t14-/m1/s1. The molecule has 0 spiro atoms. The second-order valence-corrected chi connectivity index (χ2v) is 5.66. The molecule has 7 nitrogen and oxygen atoms in total. The Kier molecular flexibility index (Phi) is 3.68. The molecule has 0 unspecified atom stereocenters. The average Bonchev–Trinajstić information content (AvgIpc) is 3.28. The summed E-state index contributed by atoms with van der Waals surface area (Å²) in [6.45, 7) is 1.86. The Labute approximate surface area is 144 Å². The lowest BCUT2D eigenvalue weighted by Gasteiger charge is -2.23. The van der Waals surface area contributed by atoms with Crippen LogP contribution in [0.5, 0.6) is 11.5 Å². The van der Waals surface area contributed by atoms with Gasteiger partial charge in [-0.3, -0.25) is 0 Å². The van der Waals surface area contributed by atoms with Gasteiger partial charge in [-0.15, -0.1) is 0 Å². The number of anilines is 1. The fourth-order valence-corrected chi connectivity index (χ4v) is 2.93. The Morgan fingerprint density at radius 2 is 2.00 bits per heavy atom. The Bertz CT molecular complexity index is 928. The highest BCUT2D eigenvalue weighted by atomic mass is 16.5. The van der Waals surface area contributed by atoms with Crippen molar-refractivity contribution >= 4 is 11.6 Å². The van der Waals surface area contributed by atoms with Crippen LogP contribution in [0.3, 0.4) is 0 Å². The normalized spacial score (nSPS) is 16.0. The van der Waals surface area contributed by atoms with Crippen LogP contribution < -0.4 is 14.8 Å². The first kappa shape index (κ1) is 15.3. The lowest BCUT2D eigenvalue weighted by molar-refractivity contribution is 0.355. The minimum absolute atomic E-state index is 0.171. The van der Waals surface area contributed by atoms with Crippen molar-refractivity contribution in [3.05, 3.63) is 59.8 Å². The monoisotopic (exact) mass is 338 g/mol. The summed E-state index contributed by atoms with van der Waals surface area (Å²) in [7, 11) is 3.24. The number of benzene rings is 1. The molecule has 1 aromatic carbocycles. The van der Waals surface area contributed by atoms with Gasteiger partial charge in [0.15, 0.2) is 11.5 Å². The number of allylic oxidation sites excluding steroid dienone is 1. The molecule has 0 amide bonds. The quantitative estimate of drug-likeness (QED) is 0.787. The molecule has 0 aliphatic carbocycles. The molecule has 1 aliphatic rings. The van der Waals surface area contributed by atoms with Crippen LogP contribution >= 0.6 is 0 Å². The highest BCUT2D eigenvalue weighted by molar-refractivity contribution is 5.78. The Hall–Kier alpha value is -3.22. The number of aryl methyl sites for hydroxylation is 1. The van der Waals surface area contributed by atoms with Gasteiger partial charge in [0, 0.05) is 11.3 Å². The van der Waals surface area contributed by atoms with Gasteiger partial charge < -0.3 is 19.2 Å². The first-order valence-corrected chi connectivity index (χ1v) is 7.87.